The molecule has 1 fully saturated rings. The highest BCUT2D eigenvalue weighted by Crippen LogP contribution is 2.47. The first-order valence-corrected chi connectivity index (χ1v) is 6.56. The van der Waals surface area contributed by atoms with Crippen molar-refractivity contribution in [3.63, 3.8) is 0 Å². The van der Waals surface area contributed by atoms with Gasteiger partial charge in [0.2, 0.25) is 0 Å². The molecular weight excluding hydrogens is 257 g/mol. The maximum atomic E-state index is 6.13. The number of hydrogen-bond donors (Lipinski definition) is 2. The molecule has 1 saturated carbocycles. The molecule has 0 saturated heterocycles. The predicted octanol–water partition coefficient (Wildman–Crippen LogP) is 4.03. The van der Waals surface area contributed by atoms with E-state index >= 15 is 0 Å². The van der Waals surface area contributed by atoms with Crippen molar-refractivity contribution in [2.24, 2.45) is 5.41 Å². The molecule has 0 bridgehead atoms. The van der Waals surface area contributed by atoms with Gasteiger partial charge < -0.3 is 10.6 Å². The van der Waals surface area contributed by atoms with E-state index in [1.165, 1.54) is 0 Å². The van der Waals surface area contributed by atoms with Crippen LogP contribution < -0.4 is 10.6 Å². The molecule has 0 aromatic carbocycles. The van der Waals surface area contributed by atoms with Gasteiger partial charge in [-0.3, -0.25) is 0 Å². The summed E-state index contributed by atoms with van der Waals surface area (Å²) in [7, 11) is 0. The van der Waals surface area contributed by atoms with Crippen LogP contribution in [-0.4, -0.2) is 17.6 Å². The smallest absolute Gasteiger partial charge is 0.147 e. The predicted molar refractivity (Wildman–Crippen MR) is 74.2 cm³/mol. The van der Waals surface area contributed by atoms with Crippen molar-refractivity contribution < 1.29 is 0 Å². The SMILES string of the molecule is CCNc1nc(NC2CC2(C)C)c(Cl)cc1Cl. The molecule has 1 atom stereocenters. The molecule has 94 valence electrons. The third-order valence-electron chi connectivity index (χ3n) is 3.10. The second-order valence-electron chi connectivity index (χ2n) is 5.07. The highest BCUT2D eigenvalue weighted by atomic mass is 35.5. The van der Waals surface area contributed by atoms with Gasteiger partial charge in [-0.15, -0.1) is 0 Å². The Kier molecular flexibility index (Phi) is 3.41. The fourth-order valence-electron chi connectivity index (χ4n) is 1.74. The molecule has 1 aliphatic carbocycles. The molecule has 3 nitrogen and oxygen atoms in total. The van der Waals surface area contributed by atoms with Crippen LogP contribution in [0.15, 0.2) is 6.07 Å². The molecule has 0 spiro atoms. The van der Waals surface area contributed by atoms with Gasteiger partial charge in [0.15, 0.2) is 0 Å². The minimum absolute atomic E-state index is 0.336. The maximum Gasteiger partial charge on any atom is 0.147 e. The van der Waals surface area contributed by atoms with E-state index in [0.29, 0.717) is 33.1 Å². The number of nitrogens with one attached hydrogen (secondary N) is 2. The molecule has 1 heterocycles. The number of hydrogen-bond acceptors (Lipinski definition) is 3. The van der Waals surface area contributed by atoms with E-state index in [2.05, 4.69) is 29.5 Å². The Morgan fingerprint density at radius 1 is 1.35 bits per heavy atom. The highest BCUT2D eigenvalue weighted by Gasteiger charge is 2.46. The Balaban J connectivity index is 2.18. The Morgan fingerprint density at radius 2 is 1.94 bits per heavy atom. The van der Waals surface area contributed by atoms with E-state index in [4.69, 9.17) is 23.2 Å². The lowest BCUT2D eigenvalue weighted by Crippen LogP contribution is -2.11. The summed E-state index contributed by atoms with van der Waals surface area (Å²) < 4.78 is 0. The van der Waals surface area contributed by atoms with Crippen LogP contribution in [0.4, 0.5) is 11.6 Å². The average molecular weight is 274 g/mol. The first-order chi connectivity index (χ1) is 7.94. The van der Waals surface area contributed by atoms with Crippen LogP contribution >= 0.6 is 23.2 Å². The summed E-state index contributed by atoms with van der Waals surface area (Å²) in [5.74, 6) is 1.39. The summed E-state index contributed by atoms with van der Waals surface area (Å²) in [6.07, 6.45) is 1.14. The van der Waals surface area contributed by atoms with E-state index in [-0.39, 0.29) is 0 Å². The van der Waals surface area contributed by atoms with Gasteiger partial charge in [-0.05, 0) is 24.8 Å². The summed E-state index contributed by atoms with van der Waals surface area (Å²) in [6.45, 7) is 7.23. The maximum absolute atomic E-state index is 6.13. The number of rotatable bonds is 4. The molecule has 5 heteroatoms. The Labute approximate surface area is 112 Å². The zero-order valence-corrected chi connectivity index (χ0v) is 11.8. The van der Waals surface area contributed by atoms with Gasteiger partial charge in [-0.2, -0.15) is 0 Å². The van der Waals surface area contributed by atoms with E-state index < -0.39 is 0 Å². The number of aromatic nitrogens is 1. The topological polar surface area (TPSA) is 37.0 Å². The van der Waals surface area contributed by atoms with Crippen LogP contribution in [0.3, 0.4) is 0 Å². The molecule has 1 unspecified atom stereocenters. The van der Waals surface area contributed by atoms with Crippen LogP contribution in [0.2, 0.25) is 10.0 Å². The second kappa shape index (κ2) is 4.54. The standard InChI is InChI=1S/C12H17Cl2N3/c1-4-15-10-7(13)5-8(14)11(17-10)16-9-6-12(9,2)3/h5,9H,4,6H2,1-3H3,(H2,15,16,17). The third-order valence-corrected chi connectivity index (χ3v) is 3.67. The molecule has 2 rings (SSSR count). The van der Waals surface area contributed by atoms with Gasteiger partial charge in [-0.1, -0.05) is 37.0 Å². The summed E-state index contributed by atoms with van der Waals surface area (Å²) in [5, 5.41) is 7.60. The first-order valence-electron chi connectivity index (χ1n) is 5.80. The molecule has 1 aromatic heterocycles. The third kappa shape index (κ3) is 2.78. The fraction of sp³-hybridized carbons (Fsp3) is 0.583. The molecule has 0 aliphatic heterocycles. The molecular formula is C12H17Cl2N3. The van der Waals surface area contributed by atoms with Crippen molar-refractivity contribution in [2.45, 2.75) is 33.2 Å². The second-order valence-corrected chi connectivity index (χ2v) is 5.88. The molecule has 2 N–H and O–H groups in total. The van der Waals surface area contributed by atoms with E-state index in [1.807, 2.05) is 6.92 Å². The van der Waals surface area contributed by atoms with E-state index in [0.717, 1.165) is 13.0 Å². The van der Waals surface area contributed by atoms with Crippen LogP contribution in [-0.2, 0) is 0 Å². The molecule has 0 amide bonds. The zero-order chi connectivity index (χ0) is 12.6. The van der Waals surface area contributed by atoms with E-state index in [1.54, 1.807) is 6.07 Å². The number of nitrogens with zero attached hydrogens (tertiary/aromatic N) is 1. The molecule has 1 aliphatic rings. The molecule has 17 heavy (non-hydrogen) atoms. The Bertz CT molecular complexity index is 432. The van der Waals surface area contributed by atoms with Crippen molar-refractivity contribution in [2.75, 3.05) is 17.2 Å². The lowest BCUT2D eigenvalue weighted by atomic mass is 10.2. The van der Waals surface area contributed by atoms with Gasteiger partial charge in [-0.25, -0.2) is 4.98 Å². The van der Waals surface area contributed by atoms with Gasteiger partial charge in [0.1, 0.15) is 11.6 Å². The minimum Gasteiger partial charge on any atom is -0.369 e. The highest BCUT2D eigenvalue weighted by molar-refractivity contribution is 6.37. The van der Waals surface area contributed by atoms with Gasteiger partial charge in [0.05, 0.1) is 10.0 Å². The van der Waals surface area contributed by atoms with Crippen molar-refractivity contribution in [3.05, 3.63) is 16.1 Å². The first kappa shape index (κ1) is 12.8. The zero-order valence-electron chi connectivity index (χ0n) is 10.3. The monoisotopic (exact) mass is 273 g/mol. The average Bonchev–Trinajstić information content (AvgIpc) is 2.82. The summed E-state index contributed by atoms with van der Waals surface area (Å²) in [5.41, 5.74) is 0.336. The summed E-state index contributed by atoms with van der Waals surface area (Å²) >= 11 is 12.2. The lowest BCUT2D eigenvalue weighted by molar-refractivity contribution is 0.630. The molecule has 1 aromatic rings. The van der Waals surface area contributed by atoms with Crippen molar-refractivity contribution in [3.8, 4) is 0 Å². The Hall–Kier alpha value is -0.670. The number of anilines is 2. The van der Waals surface area contributed by atoms with Crippen molar-refractivity contribution >= 4 is 34.8 Å². The van der Waals surface area contributed by atoms with Gasteiger partial charge in [0, 0.05) is 12.6 Å². The van der Waals surface area contributed by atoms with Gasteiger partial charge in [0.25, 0.3) is 0 Å². The normalized spacial score (nSPS) is 21.1. The van der Waals surface area contributed by atoms with Crippen molar-refractivity contribution in [1.29, 1.82) is 0 Å². The van der Waals surface area contributed by atoms with Crippen LogP contribution in [0.25, 0.3) is 0 Å². The Morgan fingerprint density at radius 3 is 2.47 bits per heavy atom. The lowest BCUT2D eigenvalue weighted by Gasteiger charge is -2.12. The largest absolute Gasteiger partial charge is 0.369 e. The van der Waals surface area contributed by atoms with Crippen molar-refractivity contribution in [1.82, 2.24) is 4.98 Å². The summed E-state index contributed by atoms with van der Waals surface area (Å²) in [6, 6.07) is 2.18. The van der Waals surface area contributed by atoms with Gasteiger partial charge >= 0.3 is 0 Å². The van der Waals surface area contributed by atoms with Crippen LogP contribution in [0, 0.1) is 5.41 Å². The quantitative estimate of drug-likeness (QED) is 0.870. The van der Waals surface area contributed by atoms with E-state index in [9.17, 15) is 0 Å². The van der Waals surface area contributed by atoms with Crippen LogP contribution in [0.5, 0.6) is 0 Å². The number of halogens is 2. The number of pyridine rings is 1. The minimum atomic E-state index is 0.336. The summed E-state index contributed by atoms with van der Waals surface area (Å²) in [4.78, 5) is 4.42. The van der Waals surface area contributed by atoms with Crippen LogP contribution in [0.1, 0.15) is 27.2 Å². The molecule has 0 radical (unpaired) electrons. The fourth-order valence-corrected chi connectivity index (χ4v) is 2.22.